The quantitative estimate of drug-likeness (QED) is 0.205. The molecule has 1 fully saturated rings. The molecule has 214 valence electrons. The molecule has 1 N–H and O–H groups in total. The first kappa shape index (κ1) is 30.0. The fourth-order valence-electron chi connectivity index (χ4n) is 5.95. The molecule has 0 spiro atoms. The Kier molecular flexibility index (Phi) is 10.8. The van der Waals surface area contributed by atoms with E-state index >= 15 is 0 Å². The largest absolute Gasteiger partial charge is 0.491 e. The number of rotatable bonds is 12. The van der Waals surface area contributed by atoms with E-state index in [2.05, 4.69) is 55.3 Å². The molecule has 2 aliphatic rings. The standard InChI is InChI=1S/C33H47ClN2O2S/c1-6-8-9-11-24-12-13-27(24)20-36-21-28(30-16-15-29(34)18-25(30)10-7-2)22-38-32-17-14-26(19-31(32)36)33(37)35-39(5)23(3)4/h14-19,23-24,27-28H,5-13,20-22H2,1-4H3,(H,35,37). The van der Waals surface area contributed by atoms with E-state index in [0.29, 0.717) is 23.3 Å². The highest BCUT2D eigenvalue weighted by Crippen LogP contribution is 2.42. The summed E-state index contributed by atoms with van der Waals surface area (Å²) < 4.78 is 9.58. The van der Waals surface area contributed by atoms with E-state index in [0.717, 1.165) is 48.3 Å². The lowest BCUT2D eigenvalue weighted by molar-refractivity contribution is 0.0984. The van der Waals surface area contributed by atoms with Crippen LogP contribution >= 0.6 is 22.3 Å². The first-order valence-electron chi connectivity index (χ1n) is 14.9. The van der Waals surface area contributed by atoms with Gasteiger partial charge in [0.2, 0.25) is 0 Å². The maximum atomic E-state index is 13.1. The minimum absolute atomic E-state index is 0.0606. The van der Waals surface area contributed by atoms with Gasteiger partial charge in [0.1, 0.15) is 5.75 Å². The van der Waals surface area contributed by atoms with E-state index in [4.69, 9.17) is 16.3 Å². The molecule has 1 aliphatic carbocycles. The number of hydrogen-bond acceptors (Lipinski definition) is 3. The number of amides is 1. The van der Waals surface area contributed by atoms with E-state index in [1.807, 2.05) is 24.3 Å². The molecule has 6 heteroatoms. The summed E-state index contributed by atoms with van der Waals surface area (Å²) in [5, 5.41) is 1.10. The fraction of sp³-hybridized carbons (Fsp3) is 0.576. The molecule has 4 nitrogen and oxygen atoms in total. The van der Waals surface area contributed by atoms with Crippen molar-refractivity contribution in [3.8, 4) is 5.75 Å². The number of aryl methyl sites for hydroxylation is 1. The molecule has 1 heterocycles. The molecule has 1 aliphatic heterocycles. The maximum absolute atomic E-state index is 13.1. The third-order valence-electron chi connectivity index (χ3n) is 8.51. The van der Waals surface area contributed by atoms with Crippen LogP contribution in [-0.4, -0.2) is 36.7 Å². The van der Waals surface area contributed by atoms with Crippen molar-refractivity contribution in [3.63, 3.8) is 0 Å². The normalized spacial score (nSPS) is 21.5. The number of halogens is 1. The van der Waals surface area contributed by atoms with Crippen LogP contribution in [0.3, 0.4) is 0 Å². The Morgan fingerprint density at radius 1 is 1.13 bits per heavy atom. The SMILES string of the molecule is C=S(NC(=O)c1ccc2c(c1)N(CC1CCC1CCCCC)CC(c1ccc(Cl)cc1CCC)CO2)C(C)C. The van der Waals surface area contributed by atoms with Crippen molar-refractivity contribution in [1.82, 2.24) is 4.72 Å². The molecule has 0 radical (unpaired) electrons. The average molecular weight is 571 g/mol. The lowest BCUT2D eigenvalue weighted by atomic mass is 9.71. The molecule has 2 aromatic carbocycles. The Bertz CT molecular complexity index is 1150. The smallest absolute Gasteiger partial charge is 0.260 e. The van der Waals surface area contributed by atoms with Crippen molar-refractivity contribution >= 4 is 39.7 Å². The number of benzene rings is 2. The number of nitrogens with one attached hydrogen (secondary N) is 1. The Labute approximate surface area is 243 Å². The second kappa shape index (κ2) is 14.1. The van der Waals surface area contributed by atoms with Gasteiger partial charge in [-0.25, -0.2) is 0 Å². The van der Waals surface area contributed by atoms with Crippen LogP contribution in [0.4, 0.5) is 5.69 Å². The van der Waals surface area contributed by atoms with Crippen molar-refractivity contribution in [2.75, 3.05) is 24.6 Å². The van der Waals surface area contributed by atoms with Gasteiger partial charge in [-0.05, 0) is 72.6 Å². The van der Waals surface area contributed by atoms with Gasteiger partial charge in [-0.1, -0.05) is 94.0 Å². The van der Waals surface area contributed by atoms with Crippen molar-refractivity contribution in [2.45, 2.75) is 90.2 Å². The Balaban J connectivity index is 1.63. The summed E-state index contributed by atoms with van der Waals surface area (Å²) in [6.07, 6.45) is 9.98. The second-order valence-electron chi connectivity index (χ2n) is 11.7. The summed E-state index contributed by atoms with van der Waals surface area (Å²) in [6, 6.07) is 12.3. The third kappa shape index (κ3) is 7.61. The third-order valence-corrected chi connectivity index (χ3v) is 10.3. The van der Waals surface area contributed by atoms with Crippen molar-refractivity contribution in [1.29, 1.82) is 0 Å². The molecule has 2 aromatic rings. The number of carbonyl (C=O) groups is 1. The number of nitrogens with zero attached hydrogens (tertiary/aromatic N) is 1. The van der Waals surface area contributed by atoms with Gasteiger partial charge in [-0.3, -0.25) is 4.79 Å². The predicted molar refractivity (Wildman–Crippen MR) is 170 cm³/mol. The van der Waals surface area contributed by atoms with Gasteiger partial charge >= 0.3 is 0 Å². The number of hydrogen-bond donors (Lipinski definition) is 1. The summed E-state index contributed by atoms with van der Waals surface area (Å²) in [5.74, 6) is 6.69. The minimum Gasteiger partial charge on any atom is -0.491 e. The van der Waals surface area contributed by atoms with Crippen LogP contribution in [0.15, 0.2) is 36.4 Å². The van der Waals surface area contributed by atoms with Gasteiger partial charge < -0.3 is 14.4 Å². The number of ether oxygens (including phenoxy) is 1. The Hall–Kier alpha value is -1.98. The number of anilines is 1. The fourth-order valence-corrected chi connectivity index (χ4v) is 6.73. The van der Waals surface area contributed by atoms with Crippen LogP contribution in [0.5, 0.6) is 5.75 Å². The highest BCUT2D eigenvalue weighted by molar-refractivity contribution is 8.13. The average Bonchev–Trinajstić information content (AvgIpc) is 3.08. The van der Waals surface area contributed by atoms with Gasteiger partial charge in [-0.15, -0.1) is 0 Å². The lowest BCUT2D eigenvalue weighted by Gasteiger charge is -2.41. The number of unbranched alkanes of at least 4 members (excludes halogenated alkanes) is 2. The van der Waals surface area contributed by atoms with Crippen molar-refractivity contribution in [2.24, 2.45) is 11.8 Å². The Morgan fingerprint density at radius 3 is 2.62 bits per heavy atom. The summed E-state index contributed by atoms with van der Waals surface area (Å²) in [7, 11) is -0.419. The summed E-state index contributed by atoms with van der Waals surface area (Å²) in [5.41, 5.74) is 4.38. The first-order valence-corrected chi connectivity index (χ1v) is 16.8. The molecule has 0 saturated heterocycles. The van der Waals surface area contributed by atoms with Crippen LogP contribution in [0.2, 0.25) is 5.02 Å². The van der Waals surface area contributed by atoms with Gasteiger partial charge in [-0.2, -0.15) is 0 Å². The van der Waals surface area contributed by atoms with Crippen LogP contribution in [-0.2, 0) is 6.42 Å². The van der Waals surface area contributed by atoms with E-state index in [9.17, 15) is 4.79 Å². The topological polar surface area (TPSA) is 41.6 Å². The van der Waals surface area contributed by atoms with Crippen LogP contribution in [0.25, 0.3) is 0 Å². The van der Waals surface area contributed by atoms with Crippen LogP contribution in [0, 0.1) is 11.8 Å². The summed E-state index contributed by atoms with van der Waals surface area (Å²) in [4.78, 5) is 15.7. The highest BCUT2D eigenvalue weighted by Gasteiger charge is 2.34. The molecular weight excluding hydrogens is 524 g/mol. The first-order chi connectivity index (χ1) is 18.8. The van der Waals surface area contributed by atoms with Crippen LogP contribution in [0.1, 0.15) is 100 Å². The molecule has 1 saturated carbocycles. The molecule has 4 atom stereocenters. The summed E-state index contributed by atoms with van der Waals surface area (Å²) >= 11 is 6.41. The van der Waals surface area contributed by atoms with E-state index in [-0.39, 0.29) is 11.8 Å². The zero-order valence-electron chi connectivity index (χ0n) is 24.3. The van der Waals surface area contributed by atoms with Crippen molar-refractivity contribution in [3.05, 3.63) is 58.1 Å². The van der Waals surface area contributed by atoms with E-state index in [1.54, 1.807) is 0 Å². The van der Waals surface area contributed by atoms with Crippen molar-refractivity contribution < 1.29 is 9.53 Å². The molecular formula is C33H47ClN2O2S. The van der Waals surface area contributed by atoms with Gasteiger partial charge in [0.25, 0.3) is 5.91 Å². The van der Waals surface area contributed by atoms with E-state index in [1.165, 1.54) is 49.7 Å². The highest BCUT2D eigenvalue weighted by atomic mass is 35.5. The monoisotopic (exact) mass is 570 g/mol. The zero-order valence-corrected chi connectivity index (χ0v) is 25.9. The minimum atomic E-state index is -0.419. The second-order valence-corrected chi connectivity index (χ2v) is 14.1. The van der Waals surface area contributed by atoms with E-state index < -0.39 is 10.7 Å². The maximum Gasteiger partial charge on any atom is 0.260 e. The molecule has 0 aromatic heterocycles. The molecule has 4 rings (SSSR count). The molecule has 1 amide bonds. The number of carbonyl (C=O) groups excluding carboxylic acids is 1. The van der Waals surface area contributed by atoms with Gasteiger partial charge in [0.05, 0.1) is 12.3 Å². The molecule has 4 unspecified atom stereocenters. The molecule has 0 bridgehead atoms. The summed E-state index contributed by atoms with van der Waals surface area (Å²) in [6.45, 7) is 11.2. The number of fused-ring (bicyclic) bond motifs is 1. The lowest BCUT2D eigenvalue weighted by Crippen LogP contribution is -2.40. The van der Waals surface area contributed by atoms with Gasteiger partial charge in [0.15, 0.2) is 0 Å². The predicted octanol–water partition coefficient (Wildman–Crippen LogP) is 8.64. The molecule has 39 heavy (non-hydrogen) atoms. The van der Waals surface area contributed by atoms with Crippen LogP contribution < -0.4 is 14.4 Å². The zero-order chi connectivity index (χ0) is 27.9. The van der Waals surface area contributed by atoms with Gasteiger partial charge in [0, 0.05) is 34.8 Å². The Morgan fingerprint density at radius 2 is 1.92 bits per heavy atom.